The van der Waals surface area contributed by atoms with Crippen LogP contribution in [0.5, 0.6) is 5.75 Å². The lowest BCUT2D eigenvalue weighted by Gasteiger charge is -2.09. The van der Waals surface area contributed by atoms with E-state index in [1.807, 2.05) is 0 Å². The van der Waals surface area contributed by atoms with Crippen LogP contribution in [0.15, 0.2) is 24.3 Å². The third kappa shape index (κ3) is 4.79. The summed E-state index contributed by atoms with van der Waals surface area (Å²) in [6.45, 7) is 0. The predicted octanol–water partition coefficient (Wildman–Crippen LogP) is 1.15. The lowest BCUT2D eigenvalue weighted by molar-refractivity contribution is 0.475. The lowest BCUT2D eigenvalue weighted by atomic mass is 10.2. The maximum Gasteiger partial charge on any atom is 0.115 e. The van der Waals surface area contributed by atoms with Gasteiger partial charge in [0.05, 0.1) is 0 Å². The molecule has 0 radical (unpaired) electrons. The molecule has 6 heteroatoms. The van der Waals surface area contributed by atoms with E-state index in [1.165, 1.54) is 24.3 Å². The fourth-order valence-corrected chi connectivity index (χ4v) is 1.81. The van der Waals surface area contributed by atoms with Gasteiger partial charge in [0.15, 0.2) is 0 Å². The quantitative estimate of drug-likeness (QED) is 0.782. The highest BCUT2D eigenvalue weighted by atomic mass is 32.8. The topological polar surface area (TPSA) is 96.9 Å². The summed E-state index contributed by atoms with van der Waals surface area (Å²) in [7, 11) is -3.39. The van der Waals surface area contributed by atoms with Gasteiger partial charge >= 0.3 is 0 Å². The maximum absolute atomic E-state index is 10.6. The normalized spacial score (nSPS) is 14.2. The van der Waals surface area contributed by atoms with E-state index in [0.29, 0.717) is 5.56 Å². The van der Waals surface area contributed by atoms with E-state index in [9.17, 15) is 8.76 Å². The summed E-state index contributed by atoms with van der Waals surface area (Å²) in [5.41, 5.74) is 0.586. The van der Waals surface area contributed by atoms with Crippen molar-refractivity contribution in [3.8, 4) is 5.75 Å². The van der Waals surface area contributed by atoms with Gasteiger partial charge in [-0.25, -0.2) is 0 Å². The second-order valence-corrected chi connectivity index (χ2v) is 5.30. The Bertz CT molecular complexity index is 358. The molecule has 0 spiro atoms. The highest BCUT2D eigenvalue weighted by molar-refractivity contribution is 8.29. The molecule has 0 aliphatic rings. The van der Waals surface area contributed by atoms with Crippen LogP contribution in [0.1, 0.15) is 5.56 Å². The number of phenols is 1. The molecular weight excluding hydrogens is 210 g/mol. The number of quaternary nitrogens is 1. The molecule has 0 fully saturated rings. The average Bonchev–Trinajstić information content (AvgIpc) is 1.91. The van der Waals surface area contributed by atoms with Crippen LogP contribution in [0, 0.1) is 0 Å². The van der Waals surface area contributed by atoms with E-state index in [1.54, 1.807) is 0 Å². The van der Waals surface area contributed by atoms with Gasteiger partial charge in [0.1, 0.15) is 5.75 Å². The van der Waals surface area contributed by atoms with Crippen LogP contribution in [0.3, 0.4) is 0 Å². The zero-order chi connectivity index (χ0) is 9.19. The Morgan fingerprint density at radius 2 is 1.85 bits per heavy atom. The number of hydrogen-bond donors (Lipinski definition) is 2. The van der Waals surface area contributed by atoms with Gasteiger partial charge in [-0.2, -0.15) is 0 Å². The Labute approximate surface area is 81.7 Å². The van der Waals surface area contributed by atoms with Gasteiger partial charge in [-0.3, -0.25) is 4.21 Å². The molecular formula is C7H11NO3S2. The molecule has 1 aromatic carbocycles. The molecule has 0 saturated carbocycles. The van der Waals surface area contributed by atoms with Crippen molar-refractivity contribution in [3.05, 3.63) is 29.8 Å². The smallest absolute Gasteiger partial charge is 0.115 e. The zero-order valence-electron chi connectivity index (χ0n) is 7.10. The van der Waals surface area contributed by atoms with Crippen LogP contribution < -0.4 is 6.15 Å². The summed E-state index contributed by atoms with van der Waals surface area (Å²) in [5.74, 6) is -0.0525. The molecule has 0 saturated heterocycles. The van der Waals surface area contributed by atoms with Crippen molar-refractivity contribution in [2.75, 3.05) is 0 Å². The fraction of sp³-hybridized carbons (Fsp3) is 0.143. The first-order chi connectivity index (χ1) is 5.47. The largest absolute Gasteiger partial charge is 0.769 e. The summed E-state index contributed by atoms with van der Waals surface area (Å²) in [4.78, 5) is 0. The monoisotopic (exact) mass is 221 g/mol. The highest BCUT2D eigenvalue weighted by Gasteiger charge is 1.95. The molecule has 0 aliphatic heterocycles. The Hall–Kier alpha value is -0.690. The van der Waals surface area contributed by atoms with Crippen LogP contribution in [-0.2, 0) is 25.7 Å². The predicted molar refractivity (Wildman–Crippen MR) is 54.1 cm³/mol. The minimum absolute atomic E-state index is 0. The van der Waals surface area contributed by atoms with E-state index in [4.69, 9.17) is 5.11 Å². The highest BCUT2D eigenvalue weighted by Crippen LogP contribution is 2.11. The number of benzene rings is 1. The van der Waals surface area contributed by atoms with Crippen molar-refractivity contribution in [2.45, 2.75) is 5.75 Å². The molecule has 74 valence electrons. The summed E-state index contributed by atoms with van der Waals surface area (Å²) in [5, 5.41) is 8.88. The molecule has 0 aliphatic carbocycles. The van der Waals surface area contributed by atoms with E-state index < -0.39 is 8.77 Å². The van der Waals surface area contributed by atoms with Crippen LogP contribution in [0.25, 0.3) is 0 Å². The number of hydrogen-bond acceptors (Lipinski definition) is 4. The Morgan fingerprint density at radius 3 is 2.23 bits per heavy atom. The van der Waals surface area contributed by atoms with Crippen LogP contribution in [0.2, 0.25) is 0 Å². The summed E-state index contributed by atoms with van der Waals surface area (Å²) in [6, 6.07) is 5.91. The summed E-state index contributed by atoms with van der Waals surface area (Å²) < 4.78 is 21.3. The van der Waals surface area contributed by atoms with Gasteiger partial charge in [0.2, 0.25) is 0 Å². The van der Waals surface area contributed by atoms with Crippen LogP contribution >= 0.6 is 0 Å². The van der Waals surface area contributed by atoms with Gasteiger partial charge in [-0.05, 0) is 37.7 Å². The fourth-order valence-electron chi connectivity index (χ4n) is 0.796. The van der Waals surface area contributed by atoms with E-state index in [2.05, 4.69) is 11.2 Å². The summed E-state index contributed by atoms with van der Waals surface area (Å²) >= 11 is 4.21. The maximum atomic E-state index is 10.6. The second-order valence-electron chi connectivity index (χ2n) is 2.37. The van der Waals surface area contributed by atoms with E-state index in [-0.39, 0.29) is 17.7 Å². The third-order valence-corrected chi connectivity index (χ3v) is 2.32. The van der Waals surface area contributed by atoms with E-state index in [0.717, 1.165) is 0 Å². The SMILES string of the molecule is O=S([O-])(=S)Cc1ccc(O)cc1.[NH4+]. The standard InChI is InChI=1S/C7H8O3S2.H3N/c8-7-3-1-6(2-4-7)5-12(9,10)11;/h1-4,8H,5H2,(H,9,10,11);1H3. The molecule has 5 N–H and O–H groups in total. The van der Waals surface area contributed by atoms with Gasteiger partial charge in [0, 0.05) is 5.75 Å². The molecule has 1 unspecified atom stereocenters. The van der Waals surface area contributed by atoms with Crippen molar-refractivity contribution >= 4 is 20.0 Å². The van der Waals surface area contributed by atoms with Gasteiger partial charge in [-0.15, -0.1) is 0 Å². The number of rotatable bonds is 2. The van der Waals surface area contributed by atoms with E-state index >= 15 is 0 Å². The molecule has 0 aromatic heterocycles. The van der Waals surface area contributed by atoms with Crippen molar-refractivity contribution in [1.29, 1.82) is 0 Å². The zero-order valence-corrected chi connectivity index (χ0v) is 8.73. The molecule has 13 heavy (non-hydrogen) atoms. The van der Waals surface area contributed by atoms with Crippen molar-refractivity contribution in [3.63, 3.8) is 0 Å². The number of aromatic hydroxyl groups is 1. The minimum atomic E-state index is -3.39. The Kier molecular flexibility index (Phi) is 4.28. The minimum Gasteiger partial charge on any atom is -0.769 e. The van der Waals surface area contributed by atoms with Gasteiger partial charge in [0.25, 0.3) is 0 Å². The molecule has 0 heterocycles. The third-order valence-electron chi connectivity index (χ3n) is 1.28. The summed E-state index contributed by atoms with van der Waals surface area (Å²) in [6.07, 6.45) is 0. The van der Waals surface area contributed by atoms with Crippen LogP contribution in [0.4, 0.5) is 0 Å². The lowest BCUT2D eigenvalue weighted by Crippen LogP contribution is -1.99. The first-order valence-corrected chi connectivity index (χ1v) is 5.76. The Morgan fingerprint density at radius 1 is 1.38 bits per heavy atom. The van der Waals surface area contributed by atoms with Crippen molar-refractivity contribution < 1.29 is 13.9 Å². The second kappa shape index (κ2) is 4.52. The molecule has 1 atom stereocenters. The van der Waals surface area contributed by atoms with Gasteiger partial charge in [-0.1, -0.05) is 12.1 Å². The molecule has 0 bridgehead atoms. The molecule has 1 aromatic rings. The molecule has 0 amide bonds. The van der Waals surface area contributed by atoms with Crippen LogP contribution in [-0.4, -0.2) is 13.9 Å². The average molecular weight is 221 g/mol. The Balaban J connectivity index is 0.00000144. The first-order valence-electron chi connectivity index (χ1n) is 3.19. The number of phenolic OH excluding ortho intramolecular Hbond substituents is 1. The molecule has 4 nitrogen and oxygen atoms in total. The van der Waals surface area contributed by atoms with Crippen molar-refractivity contribution in [1.82, 2.24) is 6.15 Å². The molecule has 1 rings (SSSR count). The first kappa shape index (κ1) is 12.3. The van der Waals surface area contributed by atoms with Gasteiger partial charge < -0.3 is 15.8 Å². The van der Waals surface area contributed by atoms with Crippen molar-refractivity contribution in [2.24, 2.45) is 0 Å².